The topological polar surface area (TPSA) is 46.4 Å². The van der Waals surface area contributed by atoms with Crippen molar-refractivity contribution < 1.29 is 4.74 Å². The first kappa shape index (κ1) is 20.2. The number of aromatic nitrogens is 3. The molecular weight excluding hydrogens is 386 g/mol. The van der Waals surface area contributed by atoms with Gasteiger partial charge in [-0.05, 0) is 57.0 Å². The number of likely N-dealkylation sites (N-methyl/N-ethyl adjacent to an activating group) is 1. The first-order valence-corrected chi connectivity index (χ1v) is 11.4. The van der Waals surface area contributed by atoms with Crippen molar-refractivity contribution in [2.75, 3.05) is 33.2 Å². The summed E-state index contributed by atoms with van der Waals surface area (Å²) in [6.07, 6.45) is 8.94. The molecule has 31 heavy (non-hydrogen) atoms. The molecule has 0 N–H and O–H groups in total. The Morgan fingerprint density at radius 3 is 2.29 bits per heavy atom. The Hall–Kier alpha value is -2.70. The van der Waals surface area contributed by atoms with Crippen LogP contribution in [0.4, 0.5) is 0 Å². The van der Waals surface area contributed by atoms with E-state index < -0.39 is 0 Å². The van der Waals surface area contributed by atoms with Crippen molar-refractivity contribution in [2.45, 2.75) is 37.8 Å². The number of pyridine rings is 1. The number of hydrogen-bond donors (Lipinski definition) is 0. The number of para-hydroxylation sites is 1. The van der Waals surface area contributed by atoms with Crippen LogP contribution in [0.5, 0.6) is 11.6 Å². The number of nitrogens with zero attached hydrogens (tertiary/aromatic N) is 5. The average molecular weight is 418 g/mol. The highest BCUT2D eigenvalue weighted by atomic mass is 16.5. The molecular formula is C25H31N5O. The maximum absolute atomic E-state index is 5.79. The lowest BCUT2D eigenvalue weighted by atomic mass is 9.90. The third kappa shape index (κ3) is 4.81. The van der Waals surface area contributed by atoms with Gasteiger partial charge in [-0.1, -0.05) is 18.2 Å². The van der Waals surface area contributed by atoms with Gasteiger partial charge in [-0.25, -0.2) is 4.98 Å². The second-order valence-electron chi connectivity index (χ2n) is 8.78. The lowest BCUT2D eigenvalue weighted by molar-refractivity contribution is 0.0811. The van der Waals surface area contributed by atoms with Gasteiger partial charge in [-0.3, -0.25) is 9.58 Å². The fourth-order valence-corrected chi connectivity index (χ4v) is 4.77. The zero-order valence-electron chi connectivity index (χ0n) is 18.2. The number of benzene rings is 1. The Kier molecular flexibility index (Phi) is 6.00. The predicted molar refractivity (Wildman–Crippen MR) is 122 cm³/mol. The maximum Gasteiger partial charge on any atom is 0.219 e. The Morgan fingerprint density at radius 1 is 0.839 bits per heavy atom. The van der Waals surface area contributed by atoms with Gasteiger partial charge in [0.15, 0.2) is 0 Å². The van der Waals surface area contributed by atoms with E-state index in [1.807, 2.05) is 48.7 Å². The lowest BCUT2D eigenvalue weighted by Gasteiger charge is -2.41. The molecule has 0 spiro atoms. The first-order valence-electron chi connectivity index (χ1n) is 11.4. The van der Waals surface area contributed by atoms with Crippen molar-refractivity contribution in [2.24, 2.45) is 0 Å². The standard InChI is InChI=1S/C25H31N5O/c1-28-15-17-29(18-16-28)21-8-10-22(11-9-21)30-14-13-24(27-30)20-7-12-25(26-19-20)31-23-5-3-2-4-6-23/h2-7,12-14,19,21-22H,8-11,15-18H2,1H3. The molecule has 162 valence electrons. The SMILES string of the molecule is CN1CCN(C2CCC(n3ccc(-c4ccc(Oc5ccccc5)nc4)n3)CC2)CC1. The van der Waals surface area contributed by atoms with Crippen LogP contribution < -0.4 is 4.74 Å². The van der Waals surface area contributed by atoms with E-state index in [-0.39, 0.29) is 0 Å². The highest BCUT2D eigenvalue weighted by Gasteiger charge is 2.28. The molecule has 0 atom stereocenters. The molecule has 1 saturated heterocycles. The molecule has 0 unspecified atom stereocenters. The molecule has 2 aromatic heterocycles. The van der Waals surface area contributed by atoms with Crippen LogP contribution in [-0.4, -0.2) is 63.8 Å². The van der Waals surface area contributed by atoms with E-state index in [0.29, 0.717) is 11.9 Å². The van der Waals surface area contributed by atoms with Crippen LogP contribution in [0.25, 0.3) is 11.3 Å². The highest BCUT2D eigenvalue weighted by Crippen LogP contribution is 2.32. The van der Waals surface area contributed by atoms with Gasteiger partial charge in [0.2, 0.25) is 5.88 Å². The quantitative estimate of drug-likeness (QED) is 0.613. The third-order valence-corrected chi connectivity index (χ3v) is 6.70. The fourth-order valence-electron chi connectivity index (χ4n) is 4.77. The van der Waals surface area contributed by atoms with E-state index in [9.17, 15) is 0 Å². The molecule has 6 heteroatoms. The summed E-state index contributed by atoms with van der Waals surface area (Å²) in [5.41, 5.74) is 1.99. The zero-order chi connectivity index (χ0) is 21.0. The van der Waals surface area contributed by atoms with E-state index >= 15 is 0 Å². The summed E-state index contributed by atoms with van der Waals surface area (Å²) in [5.74, 6) is 1.39. The van der Waals surface area contributed by atoms with Crippen LogP contribution in [0, 0.1) is 0 Å². The summed E-state index contributed by atoms with van der Waals surface area (Å²) in [4.78, 5) is 9.60. The summed E-state index contributed by atoms with van der Waals surface area (Å²) in [6.45, 7) is 4.83. The van der Waals surface area contributed by atoms with Crippen molar-refractivity contribution in [3.05, 3.63) is 60.9 Å². The van der Waals surface area contributed by atoms with Gasteiger partial charge in [-0.15, -0.1) is 0 Å². The maximum atomic E-state index is 5.79. The molecule has 6 nitrogen and oxygen atoms in total. The molecule has 2 fully saturated rings. The minimum absolute atomic E-state index is 0.506. The Bertz CT molecular complexity index is 955. The van der Waals surface area contributed by atoms with Gasteiger partial charge in [0.1, 0.15) is 5.75 Å². The number of rotatable bonds is 5. The summed E-state index contributed by atoms with van der Waals surface area (Å²) in [7, 11) is 2.23. The minimum atomic E-state index is 0.506. The summed E-state index contributed by atoms with van der Waals surface area (Å²) in [6, 6.07) is 17.0. The molecule has 3 heterocycles. The summed E-state index contributed by atoms with van der Waals surface area (Å²) in [5, 5.41) is 4.88. The van der Waals surface area contributed by atoms with E-state index in [4.69, 9.17) is 9.84 Å². The molecule has 1 aliphatic carbocycles. The number of hydrogen-bond acceptors (Lipinski definition) is 5. The summed E-state index contributed by atoms with van der Waals surface area (Å²) >= 11 is 0. The Balaban J connectivity index is 1.18. The molecule has 0 bridgehead atoms. The van der Waals surface area contributed by atoms with Gasteiger partial charge < -0.3 is 9.64 Å². The van der Waals surface area contributed by atoms with Gasteiger partial charge >= 0.3 is 0 Å². The van der Waals surface area contributed by atoms with Crippen molar-refractivity contribution in [1.29, 1.82) is 0 Å². The lowest BCUT2D eigenvalue weighted by Crippen LogP contribution is -2.49. The van der Waals surface area contributed by atoms with E-state index in [1.54, 1.807) is 0 Å². The van der Waals surface area contributed by atoms with Crippen LogP contribution in [0.2, 0.25) is 0 Å². The van der Waals surface area contributed by atoms with Crippen LogP contribution in [-0.2, 0) is 0 Å². The van der Waals surface area contributed by atoms with Crippen LogP contribution >= 0.6 is 0 Å². The van der Waals surface area contributed by atoms with E-state index in [1.165, 1.54) is 51.9 Å². The first-order chi connectivity index (χ1) is 15.2. The predicted octanol–water partition coefficient (Wildman–Crippen LogP) is 4.47. The van der Waals surface area contributed by atoms with Crippen molar-refractivity contribution in [3.63, 3.8) is 0 Å². The normalized spacial score (nSPS) is 23.0. The molecule has 1 aliphatic heterocycles. The molecule has 0 amide bonds. The second kappa shape index (κ2) is 9.20. The number of piperazine rings is 1. The van der Waals surface area contributed by atoms with Crippen LogP contribution in [0.3, 0.4) is 0 Å². The van der Waals surface area contributed by atoms with Crippen molar-refractivity contribution in [1.82, 2.24) is 24.6 Å². The smallest absolute Gasteiger partial charge is 0.219 e. The monoisotopic (exact) mass is 417 g/mol. The number of ether oxygens (including phenoxy) is 1. The van der Waals surface area contributed by atoms with Gasteiger partial charge in [0, 0.05) is 56.2 Å². The molecule has 3 aromatic rings. The zero-order valence-corrected chi connectivity index (χ0v) is 18.2. The van der Waals surface area contributed by atoms with Crippen molar-refractivity contribution >= 4 is 0 Å². The van der Waals surface area contributed by atoms with Gasteiger partial charge in [0.05, 0.1) is 11.7 Å². The second-order valence-corrected chi connectivity index (χ2v) is 8.78. The molecule has 1 saturated carbocycles. The van der Waals surface area contributed by atoms with E-state index in [0.717, 1.165) is 23.0 Å². The molecule has 0 radical (unpaired) electrons. The largest absolute Gasteiger partial charge is 0.439 e. The van der Waals surface area contributed by atoms with Crippen molar-refractivity contribution in [3.8, 4) is 22.9 Å². The van der Waals surface area contributed by atoms with Crippen LogP contribution in [0.15, 0.2) is 60.9 Å². The third-order valence-electron chi connectivity index (χ3n) is 6.70. The van der Waals surface area contributed by atoms with Gasteiger partial charge in [0.25, 0.3) is 0 Å². The van der Waals surface area contributed by atoms with Gasteiger partial charge in [-0.2, -0.15) is 5.10 Å². The molecule has 1 aromatic carbocycles. The van der Waals surface area contributed by atoms with E-state index in [2.05, 4.69) is 38.8 Å². The summed E-state index contributed by atoms with van der Waals surface area (Å²) < 4.78 is 7.96. The molecule has 2 aliphatic rings. The Morgan fingerprint density at radius 2 is 1.58 bits per heavy atom. The van der Waals surface area contributed by atoms with Crippen LogP contribution in [0.1, 0.15) is 31.7 Å². The highest BCUT2D eigenvalue weighted by molar-refractivity contribution is 5.57. The fraction of sp³-hybridized carbons (Fsp3) is 0.440. The Labute approximate surface area is 184 Å². The molecule has 5 rings (SSSR count). The average Bonchev–Trinajstić information content (AvgIpc) is 3.31. The minimum Gasteiger partial charge on any atom is -0.439 e.